The van der Waals surface area contributed by atoms with Gasteiger partial charge in [0.15, 0.2) is 0 Å². The first kappa shape index (κ1) is 9.98. The van der Waals surface area contributed by atoms with Crippen molar-refractivity contribution in [3.05, 3.63) is 41.6 Å². The average Bonchev–Trinajstić information content (AvgIpc) is 2.69. The molecule has 0 aliphatic carbocycles. The van der Waals surface area contributed by atoms with E-state index in [2.05, 4.69) is 10.2 Å². The monoisotopic (exact) mass is 223 g/mol. The molecule has 2 aromatic rings. The number of alkyl halides is 1. The van der Waals surface area contributed by atoms with E-state index in [-0.39, 0.29) is 5.88 Å². The first-order chi connectivity index (χ1) is 7.28. The molecular formula is C10H10ClN3O. The highest BCUT2D eigenvalue weighted by atomic mass is 35.5. The topological polar surface area (TPSA) is 64.9 Å². The van der Waals surface area contributed by atoms with Gasteiger partial charge in [-0.05, 0) is 17.7 Å². The van der Waals surface area contributed by atoms with Gasteiger partial charge in [0.25, 0.3) is 0 Å². The zero-order valence-corrected chi connectivity index (χ0v) is 8.74. The van der Waals surface area contributed by atoms with Gasteiger partial charge < -0.3 is 10.2 Å². The van der Waals surface area contributed by atoms with Crippen LogP contribution in [0.15, 0.2) is 28.7 Å². The maximum absolute atomic E-state index is 5.58. The maximum atomic E-state index is 5.58. The van der Waals surface area contributed by atoms with Crippen molar-refractivity contribution in [1.29, 1.82) is 0 Å². The van der Waals surface area contributed by atoms with Crippen molar-refractivity contribution >= 4 is 17.3 Å². The van der Waals surface area contributed by atoms with Gasteiger partial charge in [-0.15, -0.1) is 21.8 Å². The first-order valence-corrected chi connectivity index (χ1v) is 5.03. The molecule has 0 radical (unpaired) electrons. The van der Waals surface area contributed by atoms with E-state index in [0.29, 0.717) is 18.2 Å². The summed E-state index contributed by atoms with van der Waals surface area (Å²) in [5.74, 6) is 1.26. The van der Waals surface area contributed by atoms with Crippen LogP contribution in [0.5, 0.6) is 0 Å². The van der Waals surface area contributed by atoms with Crippen molar-refractivity contribution in [2.45, 2.75) is 12.3 Å². The summed E-state index contributed by atoms with van der Waals surface area (Å²) in [6, 6.07) is 7.54. The van der Waals surface area contributed by atoms with Crippen molar-refractivity contribution < 1.29 is 4.42 Å². The van der Waals surface area contributed by atoms with Crippen LogP contribution in [0, 0.1) is 0 Å². The summed E-state index contributed by atoms with van der Waals surface area (Å²) in [5.41, 5.74) is 7.40. The smallest absolute Gasteiger partial charge is 0.231 e. The second-order valence-corrected chi connectivity index (χ2v) is 3.41. The molecule has 0 amide bonds. The molecule has 1 heterocycles. The third-order valence-corrected chi connectivity index (χ3v) is 2.19. The largest absolute Gasteiger partial charge is 0.424 e. The minimum absolute atomic E-state index is 0.245. The molecular weight excluding hydrogens is 214 g/mol. The van der Waals surface area contributed by atoms with E-state index in [4.69, 9.17) is 21.8 Å². The van der Waals surface area contributed by atoms with E-state index < -0.39 is 0 Å². The highest BCUT2D eigenvalue weighted by Crippen LogP contribution is 2.11. The number of halogens is 1. The highest BCUT2D eigenvalue weighted by Gasteiger charge is 2.05. The van der Waals surface area contributed by atoms with Gasteiger partial charge >= 0.3 is 0 Å². The van der Waals surface area contributed by atoms with E-state index >= 15 is 0 Å². The Morgan fingerprint density at radius 1 is 1.13 bits per heavy atom. The van der Waals surface area contributed by atoms with E-state index in [9.17, 15) is 0 Å². The molecule has 0 saturated carbocycles. The molecule has 78 valence electrons. The van der Waals surface area contributed by atoms with Crippen molar-refractivity contribution in [1.82, 2.24) is 10.2 Å². The molecule has 1 aromatic carbocycles. The first-order valence-electron chi connectivity index (χ1n) is 4.49. The summed E-state index contributed by atoms with van der Waals surface area (Å²) in [6.07, 6.45) is 0.601. The third kappa shape index (κ3) is 2.47. The number of hydrogen-bond donors (Lipinski definition) is 1. The van der Waals surface area contributed by atoms with Crippen molar-refractivity contribution in [3.8, 4) is 0 Å². The SMILES string of the molecule is Nc1ccc(Cc2nnc(CCl)o2)cc1. The van der Waals surface area contributed by atoms with Crippen LogP contribution in [-0.2, 0) is 12.3 Å². The molecule has 2 N–H and O–H groups in total. The molecule has 0 aliphatic heterocycles. The van der Waals surface area contributed by atoms with Crippen LogP contribution in [-0.4, -0.2) is 10.2 Å². The second-order valence-electron chi connectivity index (χ2n) is 3.14. The van der Waals surface area contributed by atoms with E-state index in [0.717, 1.165) is 11.3 Å². The van der Waals surface area contributed by atoms with Gasteiger partial charge in [-0.25, -0.2) is 0 Å². The number of nitrogens with zero attached hydrogens (tertiary/aromatic N) is 2. The molecule has 2 rings (SSSR count). The molecule has 15 heavy (non-hydrogen) atoms. The molecule has 0 saturated heterocycles. The standard InChI is InChI=1S/C10H10ClN3O/c11-6-10-14-13-9(15-10)5-7-1-3-8(12)4-2-7/h1-4H,5-6,12H2. The minimum Gasteiger partial charge on any atom is -0.424 e. The molecule has 0 unspecified atom stereocenters. The summed E-state index contributed by atoms with van der Waals surface area (Å²) in [4.78, 5) is 0. The van der Waals surface area contributed by atoms with Gasteiger partial charge in [-0.1, -0.05) is 12.1 Å². The lowest BCUT2D eigenvalue weighted by Gasteiger charge is -1.97. The third-order valence-electron chi connectivity index (χ3n) is 1.96. The second kappa shape index (κ2) is 4.31. The summed E-state index contributed by atoms with van der Waals surface area (Å²) >= 11 is 5.55. The van der Waals surface area contributed by atoms with Gasteiger partial charge in [0.1, 0.15) is 5.88 Å². The Bertz CT molecular complexity index is 438. The normalized spacial score (nSPS) is 10.5. The number of anilines is 1. The number of aromatic nitrogens is 2. The van der Waals surface area contributed by atoms with E-state index in [1.54, 1.807) is 0 Å². The van der Waals surface area contributed by atoms with Crippen molar-refractivity contribution in [3.63, 3.8) is 0 Å². The number of benzene rings is 1. The maximum Gasteiger partial charge on any atom is 0.231 e. The molecule has 0 aliphatic rings. The van der Waals surface area contributed by atoms with Gasteiger partial charge in [-0.3, -0.25) is 0 Å². The van der Waals surface area contributed by atoms with Crippen LogP contribution < -0.4 is 5.73 Å². The molecule has 1 aromatic heterocycles. The fourth-order valence-electron chi connectivity index (χ4n) is 1.22. The minimum atomic E-state index is 0.245. The predicted octanol–water partition coefficient (Wildman–Crippen LogP) is 1.98. The van der Waals surface area contributed by atoms with Crippen LogP contribution >= 0.6 is 11.6 Å². The molecule has 0 atom stereocenters. The predicted molar refractivity (Wildman–Crippen MR) is 57.5 cm³/mol. The fourth-order valence-corrected chi connectivity index (χ4v) is 1.33. The van der Waals surface area contributed by atoms with Crippen molar-refractivity contribution in [2.24, 2.45) is 0 Å². The van der Waals surface area contributed by atoms with Crippen LogP contribution in [0.3, 0.4) is 0 Å². The Hall–Kier alpha value is -1.55. The summed E-state index contributed by atoms with van der Waals surface area (Å²) in [5, 5.41) is 7.65. The van der Waals surface area contributed by atoms with Gasteiger partial charge in [0.2, 0.25) is 11.8 Å². The Morgan fingerprint density at radius 2 is 1.80 bits per heavy atom. The molecule has 0 fully saturated rings. The van der Waals surface area contributed by atoms with Gasteiger partial charge in [0, 0.05) is 5.69 Å². The molecule has 5 heteroatoms. The fraction of sp³-hybridized carbons (Fsp3) is 0.200. The summed E-state index contributed by atoms with van der Waals surface area (Å²) in [7, 11) is 0. The number of nitrogen functional groups attached to an aromatic ring is 1. The average molecular weight is 224 g/mol. The number of hydrogen-bond acceptors (Lipinski definition) is 4. The number of nitrogens with two attached hydrogens (primary N) is 1. The van der Waals surface area contributed by atoms with E-state index in [1.807, 2.05) is 24.3 Å². The van der Waals surface area contributed by atoms with Gasteiger partial charge in [0.05, 0.1) is 6.42 Å². The Morgan fingerprint density at radius 3 is 2.40 bits per heavy atom. The Balaban J connectivity index is 2.11. The molecule has 0 spiro atoms. The van der Waals surface area contributed by atoms with Crippen molar-refractivity contribution in [2.75, 3.05) is 5.73 Å². The quantitative estimate of drug-likeness (QED) is 0.638. The Labute approximate surface area is 92.1 Å². The van der Waals surface area contributed by atoms with Crippen LogP contribution in [0.25, 0.3) is 0 Å². The Kier molecular flexibility index (Phi) is 2.87. The lowest BCUT2D eigenvalue weighted by Crippen LogP contribution is -1.90. The van der Waals surface area contributed by atoms with Crippen LogP contribution in [0.2, 0.25) is 0 Å². The van der Waals surface area contributed by atoms with Crippen LogP contribution in [0.1, 0.15) is 17.3 Å². The van der Waals surface area contributed by atoms with E-state index in [1.165, 1.54) is 0 Å². The zero-order valence-electron chi connectivity index (χ0n) is 7.98. The lowest BCUT2D eigenvalue weighted by molar-refractivity contribution is 0.473. The molecule has 0 bridgehead atoms. The lowest BCUT2D eigenvalue weighted by atomic mass is 10.1. The number of rotatable bonds is 3. The highest BCUT2D eigenvalue weighted by molar-refractivity contribution is 6.16. The van der Waals surface area contributed by atoms with Gasteiger partial charge in [-0.2, -0.15) is 0 Å². The summed E-state index contributed by atoms with van der Waals surface area (Å²) in [6.45, 7) is 0. The zero-order chi connectivity index (χ0) is 10.7. The summed E-state index contributed by atoms with van der Waals surface area (Å²) < 4.78 is 5.28. The molecule has 4 nitrogen and oxygen atoms in total. The van der Waals surface area contributed by atoms with Crippen LogP contribution in [0.4, 0.5) is 5.69 Å².